The van der Waals surface area contributed by atoms with Crippen LogP contribution in [0.4, 0.5) is 5.69 Å². The highest BCUT2D eigenvalue weighted by molar-refractivity contribution is 5.64. The van der Waals surface area contributed by atoms with Crippen LogP contribution in [0.25, 0.3) is 11.3 Å². The van der Waals surface area contributed by atoms with Crippen LogP contribution in [0.2, 0.25) is 0 Å². The zero-order valence-corrected chi connectivity index (χ0v) is 16.9. The van der Waals surface area contributed by atoms with Crippen LogP contribution in [0.15, 0.2) is 30.5 Å². The summed E-state index contributed by atoms with van der Waals surface area (Å²) in [5, 5.41) is 18.9. The van der Waals surface area contributed by atoms with Crippen molar-refractivity contribution in [3.8, 4) is 11.3 Å². The van der Waals surface area contributed by atoms with Crippen LogP contribution < -0.4 is 5.32 Å². The maximum absolute atomic E-state index is 10.8. The van der Waals surface area contributed by atoms with Crippen LogP contribution in [0.3, 0.4) is 0 Å². The van der Waals surface area contributed by atoms with Crippen LogP contribution in [-0.4, -0.2) is 45.8 Å². The third-order valence-corrected chi connectivity index (χ3v) is 5.39. The van der Waals surface area contributed by atoms with Gasteiger partial charge in [-0.15, -0.1) is 0 Å². The smallest absolute Gasteiger partial charge is 0.269 e. The molecule has 1 atom stereocenters. The lowest BCUT2D eigenvalue weighted by Gasteiger charge is -2.30. The summed E-state index contributed by atoms with van der Waals surface area (Å²) in [7, 11) is 1.90. The molecule has 152 valence electrons. The second-order valence-electron chi connectivity index (χ2n) is 7.91. The first kappa shape index (κ1) is 20.5. The molecule has 2 heterocycles. The minimum Gasteiger partial charge on any atom is -0.313 e. The molecule has 7 heteroatoms. The van der Waals surface area contributed by atoms with Gasteiger partial charge in [0.15, 0.2) is 0 Å². The Morgan fingerprint density at radius 2 is 2.07 bits per heavy atom. The molecule has 1 N–H and O–H groups in total. The van der Waals surface area contributed by atoms with E-state index in [2.05, 4.69) is 22.2 Å². The van der Waals surface area contributed by atoms with Crippen molar-refractivity contribution in [2.24, 2.45) is 13.0 Å². The van der Waals surface area contributed by atoms with Crippen LogP contribution >= 0.6 is 0 Å². The molecule has 1 aliphatic heterocycles. The van der Waals surface area contributed by atoms with E-state index in [9.17, 15) is 10.1 Å². The van der Waals surface area contributed by atoms with E-state index < -0.39 is 0 Å². The number of non-ortho nitro benzene ring substituents is 1. The molecule has 28 heavy (non-hydrogen) atoms. The van der Waals surface area contributed by atoms with E-state index in [1.807, 2.05) is 13.2 Å². The summed E-state index contributed by atoms with van der Waals surface area (Å²) in [5.74, 6) is 0.843. The quantitative estimate of drug-likeness (QED) is 0.405. The Labute approximate surface area is 166 Å². The second-order valence-corrected chi connectivity index (χ2v) is 7.91. The summed E-state index contributed by atoms with van der Waals surface area (Å²) in [6.07, 6.45) is 7.12. The standard InChI is InChI=1S/C21H31N5O2/c1-17-6-5-13-25(15-17)12-4-3-11-22-14-19-16-24(2)23-21(19)18-7-9-20(10-8-18)26(27)28/h7-10,16-17,22H,3-6,11-15H2,1-2H3. The zero-order valence-electron chi connectivity index (χ0n) is 16.9. The van der Waals surface area contributed by atoms with Gasteiger partial charge in [-0.1, -0.05) is 6.92 Å². The van der Waals surface area contributed by atoms with Crippen LogP contribution in [-0.2, 0) is 13.6 Å². The van der Waals surface area contributed by atoms with Crippen LogP contribution in [0.5, 0.6) is 0 Å². The molecule has 3 rings (SSSR count). The van der Waals surface area contributed by atoms with E-state index >= 15 is 0 Å². The first-order chi connectivity index (χ1) is 13.5. The largest absolute Gasteiger partial charge is 0.313 e. The van der Waals surface area contributed by atoms with Crippen molar-refractivity contribution < 1.29 is 4.92 Å². The van der Waals surface area contributed by atoms with Gasteiger partial charge in [-0.25, -0.2) is 0 Å². The van der Waals surface area contributed by atoms with Gasteiger partial charge in [0.05, 0.1) is 10.6 Å². The van der Waals surface area contributed by atoms with Gasteiger partial charge in [-0.3, -0.25) is 14.8 Å². The van der Waals surface area contributed by atoms with Crippen molar-refractivity contribution in [2.75, 3.05) is 26.2 Å². The number of nitrogens with one attached hydrogen (secondary N) is 1. The lowest BCUT2D eigenvalue weighted by atomic mass is 10.0. The SMILES string of the molecule is CC1CCCN(CCCCNCc2cn(C)nc2-c2ccc([N+](=O)[O-])cc2)C1. The summed E-state index contributed by atoms with van der Waals surface area (Å²) in [6, 6.07) is 6.60. The van der Waals surface area contributed by atoms with Crippen LogP contribution in [0.1, 0.15) is 38.2 Å². The fraction of sp³-hybridized carbons (Fsp3) is 0.571. The molecule has 7 nitrogen and oxygen atoms in total. The van der Waals surface area contributed by atoms with Gasteiger partial charge in [-0.2, -0.15) is 5.10 Å². The van der Waals surface area contributed by atoms with Crippen molar-refractivity contribution in [1.82, 2.24) is 20.0 Å². The summed E-state index contributed by atoms with van der Waals surface area (Å²) in [5.41, 5.74) is 3.00. The third-order valence-electron chi connectivity index (χ3n) is 5.39. The molecule has 1 unspecified atom stereocenters. The lowest BCUT2D eigenvalue weighted by Crippen LogP contribution is -2.35. The van der Waals surface area contributed by atoms with Gasteiger partial charge in [0.1, 0.15) is 0 Å². The number of benzene rings is 1. The number of hydrogen-bond donors (Lipinski definition) is 1. The zero-order chi connectivity index (χ0) is 19.9. The fourth-order valence-corrected chi connectivity index (χ4v) is 3.95. The molecule has 0 saturated carbocycles. The van der Waals surface area contributed by atoms with E-state index in [0.29, 0.717) is 0 Å². The van der Waals surface area contributed by atoms with E-state index in [1.165, 1.54) is 51.0 Å². The highest BCUT2D eigenvalue weighted by atomic mass is 16.6. The van der Waals surface area contributed by atoms with Gasteiger partial charge in [-0.05, 0) is 63.4 Å². The summed E-state index contributed by atoms with van der Waals surface area (Å²) in [4.78, 5) is 13.1. The van der Waals surface area contributed by atoms with E-state index in [4.69, 9.17) is 0 Å². The number of hydrogen-bond acceptors (Lipinski definition) is 5. The Balaban J connectivity index is 1.45. The van der Waals surface area contributed by atoms with Crippen molar-refractivity contribution in [2.45, 2.75) is 39.2 Å². The monoisotopic (exact) mass is 385 g/mol. The minimum absolute atomic E-state index is 0.0995. The summed E-state index contributed by atoms with van der Waals surface area (Å²) >= 11 is 0. The maximum atomic E-state index is 10.8. The Morgan fingerprint density at radius 1 is 1.29 bits per heavy atom. The average molecular weight is 386 g/mol. The number of rotatable bonds is 9. The number of unbranched alkanes of at least 4 members (excludes halogenated alkanes) is 1. The van der Waals surface area contributed by atoms with E-state index in [-0.39, 0.29) is 10.6 Å². The molecule has 2 aromatic rings. The Hall–Kier alpha value is -2.25. The number of nitrogens with zero attached hydrogens (tertiary/aromatic N) is 4. The predicted octanol–water partition coefficient (Wildman–Crippen LogP) is 3.60. The second kappa shape index (κ2) is 9.80. The average Bonchev–Trinajstić information content (AvgIpc) is 3.05. The number of aryl methyl sites for hydroxylation is 1. The molecule has 1 aliphatic rings. The molecule has 0 spiro atoms. The molecule has 1 fully saturated rings. The van der Waals surface area contributed by atoms with E-state index in [1.54, 1.807) is 16.8 Å². The normalized spacial score (nSPS) is 17.7. The van der Waals surface area contributed by atoms with Crippen molar-refractivity contribution >= 4 is 5.69 Å². The van der Waals surface area contributed by atoms with Gasteiger partial charge in [0, 0.05) is 49.6 Å². The Kier molecular flexibility index (Phi) is 7.17. The molecule has 1 aromatic heterocycles. The van der Waals surface area contributed by atoms with Gasteiger partial charge in [0.2, 0.25) is 0 Å². The minimum atomic E-state index is -0.380. The Morgan fingerprint density at radius 3 is 2.79 bits per heavy atom. The van der Waals surface area contributed by atoms with Crippen molar-refractivity contribution in [3.05, 3.63) is 46.1 Å². The molecule has 1 saturated heterocycles. The number of nitro groups is 1. The summed E-state index contributed by atoms with van der Waals surface area (Å²) < 4.78 is 1.80. The van der Waals surface area contributed by atoms with E-state index in [0.717, 1.165) is 42.2 Å². The van der Waals surface area contributed by atoms with Gasteiger partial charge in [0.25, 0.3) is 5.69 Å². The number of nitro benzene ring substituents is 1. The third kappa shape index (κ3) is 5.62. The first-order valence-electron chi connectivity index (χ1n) is 10.2. The van der Waals surface area contributed by atoms with Gasteiger partial charge < -0.3 is 10.2 Å². The first-order valence-corrected chi connectivity index (χ1v) is 10.2. The highest BCUT2D eigenvalue weighted by Crippen LogP contribution is 2.24. The topological polar surface area (TPSA) is 76.2 Å². The van der Waals surface area contributed by atoms with Crippen molar-refractivity contribution in [3.63, 3.8) is 0 Å². The molecule has 1 aromatic carbocycles. The predicted molar refractivity (Wildman–Crippen MR) is 111 cm³/mol. The summed E-state index contributed by atoms with van der Waals surface area (Å²) in [6.45, 7) is 7.80. The molecule has 0 radical (unpaired) electrons. The fourth-order valence-electron chi connectivity index (χ4n) is 3.95. The molecule has 0 bridgehead atoms. The number of likely N-dealkylation sites (tertiary alicyclic amines) is 1. The molecular weight excluding hydrogens is 354 g/mol. The molecule has 0 aliphatic carbocycles. The van der Waals surface area contributed by atoms with Crippen LogP contribution in [0, 0.1) is 16.0 Å². The van der Waals surface area contributed by atoms with Gasteiger partial charge >= 0.3 is 0 Å². The maximum Gasteiger partial charge on any atom is 0.269 e. The van der Waals surface area contributed by atoms with Crippen molar-refractivity contribution in [1.29, 1.82) is 0 Å². The number of piperidine rings is 1. The highest BCUT2D eigenvalue weighted by Gasteiger charge is 2.15. The Bertz CT molecular complexity index is 772. The molecular formula is C21H31N5O2. The lowest BCUT2D eigenvalue weighted by molar-refractivity contribution is -0.384. The molecule has 0 amide bonds. The number of aromatic nitrogens is 2.